The molecule has 0 unspecified atom stereocenters. The van der Waals surface area contributed by atoms with Gasteiger partial charge < -0.3 is 14.6 Å². The summed E-state index contributed by atoms with van der Waals surface area (Å²) in [7, 11) is 3.17. The average molecular weight is 566 g/mol. The molecule has 0 aromatic heterocycles. The maximum Gasteiger partial charge on any atom is 0.240 e. The number of carbonyl (C=O) groups excluding carboxylic acids is 1. The number of aryl methyl sites for hydroxylation is 1. The Hall–Kier alpha value is -2.29. The van der Waals surface area contributed by atoms with E-state index in [-0.39, 0.29) is 16.7 Å². The summed E-state index contributed by atoms with van der Waals surface area (Å²) in [6.45, 7) is 12.5. The smallest absolute Gasteiger partial charge is 0.240 e. The van der Waals surface area contributed by atoms with Crippen molar-refractivity contribution in [3.8, 4) is 17.2 Å². The minimum atomic E-state index is -0.205. The van der Waals surface area contributed by atoms with Gasteiger partial charge in [0.05, 0.1) is 24.0 Å². The molecule has 2 N–H and O–H groups in total. The Bertz CT molecular complexity index is 999. The Kier molecular flexibility index (Phi) is 8.79. The second-order valence-electron chi connectivity index (χ2n) is 10.1. The average Bonchev–Trinajstić information content (AvgIpc) is 2.70. The van der Waals surface area contributed by atoms with E-state index in [4.69, 9.17) is 9.47 Å². The van der Waals surface area contributed by atoms with E-state index in [0.29, 0.717) is 30.1 Å². The predicted octanol–water partition coefficient (Wildman–Crippen LogP) is 5.69. The molecule has 0 aliphatic heterocycles. The number of hydrogen-bond acceptors (Lipinski definition) is 5. The largest absolute Gasteiger partial charge is 0.507 e. The quantitative estimate of drug-likeness (QED) is 0.256. The molecular formula is C26H35IN2O4. The summed E-state index contributed by atoms with van der Waals surface area (Å²) in [6, 6.07) is 7.71. The summed E-state index contributed by atoms with van der Waals surface area (Å²) in [4.78, 5) is 12.4. The van der Waals surface area contributed by atoms with Crippen LogP contribution in [-0.2, 0) is 22.0 Å². The molecule has 2 rings (SSSR count). The van der Waals surface area contributed by atoms with Gasteiger partial charge in [-0.05, 0) is 74.2 Å². The molecule has 33 heavy (non-hydrogen) atoms. The van der Waals surface area contributed by atoms with Crippen LogP contribution in [0.2, 0.25) is 0 Å². The molecule has 0 atom stereocenters. The summed E-state index contributed by atoms with van der Waals surface area (Å²) in [6.07, 6.45) is 2.43. The van der Waals surface area contributed by atoms with Crippen LogP contribution < -0.4 is 14.9 Å². The van der Waals surface area contributed by atoms with Gasteiger partial charge in [0.25, 0.3) is 0 Å². The minimum Gasteiger partial charge on any atom is -0.507 e. The minimum absolute atomic E-state index is 0.177. The van der Waals surface area contributed by atoms with Gasteiger partial charge in [-0.3, -0.25) is 4.79 Å². The maximum absolute atomic E-state index is 12.4. The Labute approximate surface area is 210 Å². The Morgan fingerprint density at radius 1 is 1.03 bits per heavy atom. The van der Waals surface area contributed by atoms with Crippen LogP contribution in [0.25, 0.3) is 0 Å². The van der Waals surface area contributed by atoms with Crippen LogP contribution >= 0.6 is 22.6 Å². The van der Waals surface area contributed by atoms with Gasteiger partial charge in [0, 0.05) is 6.42 Å². The lowest BCUT2D eigenvalue weighted by Gasteiger charge is -2.28. The molecule has 2 aromatic rings. The second-order valence-corrected chi connectivity index (χ2v) is 11.2. The number of amides is 1. The number of benzene rings is 2. The third-order valence-corrected chi connectivity index (χ3v) is 6.09. The van der Waals surface area contributed by atoms with Gasteiger partial charge in [-0.25, -0.2) is 5.43 Å². The SMILES string of the molecule is COc1cc(/C=N\NC(=O)CCc2cc(C(C)(C)C)c(O)c(C(C)(C)C)c2)cc(I)c1OC. The number of hydrazone groups is 1. The second kappa shape index (κ2) is 10.8. The molecule has 0 heterocycles. The number of methoxy groups -OCH3 is 2. The normalized spacial score (nSPS) is 12.2. The van der Waals surface area contributed by atoms with E-state index in [2.05, 4.69) is 74.7 Å². The molecule has 0 aliphatic carbocycles. The molecule has 0 fully saturated rings. The van der Waals surface area contributed by atoms with Gasteiger partial charge in [0.1, 0.15) is 5.75 Å². The number of rotatable bonds is 7. The molecule has 0 bridgehead atoms. The zero-order valence-electron chi connectivity index (χ0n) is 20.8. The monoisotopic (exact) mass is 566 g/mol. The molecule has 0 spiro atoms. The van der Waals surface area contributed by atoms with Crippen LogP contribution in [0.15, 0.2) is 29.4 Å². The third-order valence-electron chi connectivity index (χ3n) is 5.29. The highest BCUT2D eigenvalue weighted by Crippen LogP contribution is 2.40. The molecule has 0 radical (unpaired) electrons. The highest BCUT2D eigenvalue weighted by atomic mass is 127. The van der Waals surface area contributed by atoms with E-state index in [0.717, 1.165) is 25.8 Å². The number of nitrogens with one attached hydrogen (secondary N) is 1. The Morgan fingerprint density at radius 3 is 2.09 bits per heavy atom. The van der Waals surface area contributed by atoms with Gasteiger partial charge in [-0.2, -0.15) is 5.10 Å². The molecule has 1 amide bonds. The van der Waals surface area contributed by atoms with E-state index in [1.165, 1.54) is 0 Å². The number of phenols is 1. The summed E-state index contributed by atoms with van der Waals surface area (Å²) in [5.74, 6) is 1.44. The van der Waals surface area contributed by atoms with Crippen LogP contribution in [0.5, 0.6) is 17.2 Å². The number of halogens is 1. The van der Waals surface area contributed by atoms with E-state index in [1.54, 1.807) is 26.5 Å². The Morgan fingerprint density at radius 2 is 1.61 bits per heavy atom. The summed E-state index contributed by atoms with van der Waals surface area (Å²) >= 11 is 2.17. The number of ether oxygens (including phenoxy) is 2. The van der Waals surface area contributed by atoms with Crippen molar-refractivity contribution in [2.75, 3.05) is 14.2 Å². The fraction of sp³-hybridized carbons (Fsp3) is 0.462. The first kappa shape index (κ1) is 27.0. The third kappa shape index (κ3) is 7.09. The molecule has 2 aromatic carbocycles. The van der Waals surface area contributed by atoms with E-state index in [1.807, 2.05) is 18.2 Å². The highest BCUT2D eigenvalue weighted by Gasteiger charge is 2.26. The van der Waals surface area contributed by atoms with Crippen LogP contribution in [0.1, 0.15) is 70.2 Å². The van der Waals surface area contributed by atoms with Gasteiger partial charge in [-0.15, -0.1) is 0 Å². The number of nitrogens with zero attached hydrogens (tertiary/aromatic N) is 1. The van der Waals surface area contributed by atoms with Crippen molar-refractivity contribution in [2.45, 2.75) is 65.2 Å². The van der Waals surface area contributed by atoms with Crippen molar-refractivity contribution < 1.29 is 19.4 Å². The van der Waals surface area contributed by atoms with Crippen molar-refractivity contribution in [3.05, 3.63) is 50.1 Å². The fourth-order valence-corrected chi connectivity index (χ4v) is 4.33. The van der Waals surface area contributed by atoms with Crippen LogP contribution in [0.3, 0.4) is 0 Å². The molecule has 6 nitrogen and oxygen atoms in total. The highest BCUT2D eigenvalue weighted by molar-refractivity contribution is 14.1. The zero-order valence-corrected chi connectivity index (χ0v) is 23.0. The van der Waals surface area contributed by atoms with E-state index in [9.17, 15) is 9.90 Å². The standard InChI is InChI=1S/C26H35IN2O4/c1-25(2,3)18-11-16(12-19(23(18)31)26(4,5)6)9-10-22(30)29-28-15-17-13-20(27)24(33-8)21(14-17)32-7/h11-15,31H,9-10H2,1-8H3,(H,29,30)/b28-15-. The molecule has 7 heteroatoms. The maximum atomic E-state index is 12.4. The first-order valence-electron chi connectivity index (χ1n) is 10.9. The lowest BCUT2D eigenvalue weighted by molar-refractivity contribution is -0.121. The summed E-state index contributed by atoms with van der Waals surface area (Å²) in [5.41, 5.74) is 5.79. The Balaban J connectivity index is 2.12. The first-order chi connectivity index (χ1) is 15.3. The summed E-state index contributed by atoms with van der Waals surface area (Å²) < 4.78 is 11.6. The van der Waals surface area contributed by atoms with Gasteiger partial charge >= 0.3 is 0 Å². The topological polar surface area (TPSA) is 80.2 Å². The number of aromatic hydroxyl groups is 1. The molecule has 180 valence electrons. The first-order valence-corrected chi connectivity index (χ1v) is 12.0. The lowest BCUT2D eigenvalue weighted by atomic mass is 9.78. The van der Waals surface area contributed by atoms with Gasteiger partial charge in [0.2, 0.25) is 5.91 Å². The van der Waals surface area contributed by atoms with Gasteiger partial charge in [0.15, 0.2) is 11.5 Å². The van der Waals surface area contributed by atoms with Crippen molar-refractivity contribution in [1.82, 2.24) is 5.43 Å². The van der Waals surface area contributed by atoms with Gasteiger partial charge in [-0.1, -0.05) is 53.7 Å². The van der Waals surface area contributed by atoms with Crippen molar-refractivity contribution in [2.24, 2.45) is 5.10 Å². The number of carbonyl (C=O) groups is 1. The lowest BCUT2D eigenvalue weighted by Crippen LogP contribution is -2.20. The van der Waals surface area contributed by atoms with Crippen LogP contribution in [-0.4, -0.2) is 31.4 Å². The fourth-order valence-electron chi connectivity index (χ4n) is 3.49. The van der Waals surface area contributed by atoms with E-state index >= 15 is 0 Å². The molecular weight excluding hydrogens is 531 g/mol. The molecule has 0 saturated carbocycles. The molecule has 0 saturated heterocycles. The van der Waals surface area contributed by atoms with Crippen molar-refractivity contribution in [1.29, 1.82) is 0 Å². The summed E-state index contributed by atoms with van der Waals surface area (Å²) in [5, 5.41) is 14.9. The van der Waals surface area contributed by atoms with E-state index < -0.39 is 0 Å². The van der Waals surface area contributed by atoms with Crippen molar-refractivity contribution >= 4 is 34.7 Å². The van der Waals surface area contributed by atoms with Crippen LogP contribution in [0.4, 0.5) is 0 Å². The van der Waals surface area contributed by atoms with Crippen LogP contribution in [0, 0.1) is 3.57 Å². The van der Waals surface area contributed by atoms with Crippen molar-refractivity contribution in [3.63, 3.8) is 0 Å². The predicted molar refractivity (Wildman–Crippen MR) is 142 cm³/mol. The number of phenolic OH excluding ortho intramolecular Hbond substituents is 1. The number of hydrogen-bond donors (Lipinski definition) is 2. The zero-order chi connectivity index (χ0) is 25.0. The molecule has 0 aliphatic rings.